The highest BCUT2D eigenvalue weighted by molar-refractivity contribution is 6.31. The fraction of sp³-hybridized carbons (Fsp3) is 0.235. The fourth-order valence-corrected chi connectivity index (χ4v) is 2.69. The maximum absolute atomic E-state index is 13.2. The molecule has 0 aromatic heterocycles. The lowest BCUT2D eigenvalue weighted by atomic mass is 10.0. The van der Waals surface area contributed by atoms with Gasteiger partial charge in [-0.2, -0.15) is 0 Å². The molecule has 22 heavy (non-hydrogen) atoms. The normalized spacial score (nSPS) is 17.2. The van der Waals surface area contributed by atoms with Crippen molar-refractivity contribution >= 4 is 17.3 Å². The molecule has 3 nitrogen and oxygen atoms in total. The summed E-state index contributed by atoms with van der Waals surface area (Å²) >= 11 is 6.13. The van der Waals surface area contributed by atoms with Gasteiger partial charge in [-0.15, -0.1) is 0 Å². The van der Waals surface area contributed by atoms with Crippen molar-refractivity contribution in [3.8, 4) is 0 Å². The second kappa shape index (κ2) is 6.90. The van der Waals surface area contributed by atoms with E-state index in [1.54, 1.807) is 6.07 Å². The molecular formula is C17H17ClFN2O+. The van der Waals surface area contributed by atoms with E-state index in [1.807, 2.05) is 30.3 Å². The Bertz CT molecular complexity index is 690. The summed E-state index contributed by atoms with van der Waals surface area (Å²) in [6, 6.07) is 14.3. The minimum absolute atomic E-state index is 0.0146. The number of quaternary nitrogens is 1. The second-order valence-electron chi connectivity index (χ2n) is 5.30. The van der Waals surface area contributed by atoms with Gasteiger partial charge < -0.3 is 10.2 Å². The molecular weight excluding hydrogens is 303 g/mol. The third kappa shape index (κ3) is 3.64. The van der Waals surface area contributed by atoms with Gasteiger partial charge in [-0.25, -0.2) is 4.39 Å². The van der Waals surface area contributed by atoms with Crippen LogP contribution in [0, 0.1) is 5.82 Å². The van der Waals surface area contributed by atoms with Crippen LogP contribution in [0.1, 0.15) is 17.5 Å². The third-order valence-corrected chi connectivity index (χ3v) is 4.01. The minimum Gasteiger partial charge on any atom is -0.386 e. The molecule has 0 saturated heterocycles. The van der Waals surface area contributed by atoms with Crippen molar-refractivity contribution in [2.75, 3.05) is 6.54 Å². The molecule has 0 aliphatic carbocycles. The van der Waals surface area contributed by atoms with Crippen molar-refractivity contribution < 1.29 is 14.5 Å². The van der Waals surface area contributed by atoms with Gasteiger partial charge in [0.15, 0.2) is 6.10 Å². The standard InChI is InChI=1S/C17H16ClFN2O/c18-16-7-2-1-4-13(16)10-20-11-15-9-17(21-22-15)12-5-3-6-14(19)8-12/h1-8,15,20H,9-11H2/p+1/t15-/m0/s1. The zero-order valence-electron chi connectivity index (χ0n) is 12.0. The summed E-state index contributed by atoms with van der Waals surface area (Å²) in [6.07, 6.45) is 0.711. The largest absolute Gasteiger partial charge is 0.386 e. The number of hydrogen-bond acceptors (Lipinski definition) is 2. The molecule has 0 saturated carbocycles. The number of oxime groups is 1. The smallest absolute Gasteiger partial charge is 0.181 e. The van der Waals surface area contributed by atoms with Crippen LogP contribution >= 0.6 is 11.6 Å². The summed E-state index contributed by atoms with van der Waals surface area (Å²) in [7, 11) is 0. The van der Waals surface area contributed by atoms with Crippen LogP contribution in [0.2, 0.25) is 5.02 Å². The van der Waals surface area contributed by atoms with Gasteiger partial charge in [-0.3, -0.25) is 0 Å². The first-order valence-corrected chi connectivity index (χ1v) is 7.64. The Kier molecular flexibility index (Phi) is 4.71. The molecule has 2 N–H and O–H groups in total. The average Bonchev–Trinajstić information content (AvgIpc) is 2.98. The fourth-order valence-electron chi connectivity index (χ4n) is 2.48. The molecule has 1 heterocycles. The molecule has 2 aromatic carbocycles. The number of halogens is 2. The third-order valence-electron chi connectivity index (χ3n) is 3.64. The topological polar surface area (TPSA) is 38.2 Å². The number of rotatable bonds is 5. The Morgan fingerprint density at radius 2 is 2.09 bits per heavy atom. The summed E-state index contributed by atoms with van der Waals surface area (Å²) in [5, 5.41) is 7.00. The van der Waals surface area contributed by atoms with Crippen LogP contribution in [0.4, 0.5) is 4.39 Å². The Hall–Kier alpha value is -1.91. The molecule has 5 heteroatoms. The number of nitrogens with zero attached hydrogens (tertiary/aromatic N) is 1. The van der Waals surface area contributed by atoms with E-state index in [0.29, 0.717) is 6.42 Å². The molecule has 114 valence electrons. The molecule has 0 bridgehead atoms. The van der Waals surface area contributed by atoms with E-state index in [-0.39, 0.29) is 11.9 Å². The summed E-state index contributed by atoms with van der Waals surface area (Å²) in [5.74, 6) is -0.256. The van der Waals surface area contributed by atoms with E-state index in [1.165, 1.54) is 12.1 Å². The first-order chi connectivity index (χ1) is 10.7. The quantitative estimate of drug-likeness (QED) is 0.904. The lowest BCUT2D eigenvalue weighted by molar-refractivity contribution is -0.676. The van der Waals surface area contributed by atoms with Crippen molar-refractivity contribution in [1.29, 1.82) is 0 Å². The second-order valence-corrected chi connectivity index (χ2v) is 5.71. The highest BCUT2D eigenvalue weighted by Crippen LogP contribution is 2.17. The molecule has 1 atom stereocenters. The first-order valence-electron chi connectivity index (χ1n) is 7.26. The Morgan fingerprint density at radius 3 is 2.91 bits per heavy atom. The predicted octanol–water partition coefficient (Wildman–Crippen LogP) is 2.74. The van der Waals surface area contributed by atoms with Crippen molar-refractivity contribution in [2.45, 2.75) is 19.1 Å². The number of nitrogens with two attached hydrogens (primary N) is 1. The van der Waals surface area contributed by atoms with Crippen LogP contribution in [0.5, 0.6) is 0 Å². The molecule has 3 rings (SSSR count). The van der Waals surface area contributed by atoms with E-state index in [0.717, 1.165) is 35.0 Å². The number of hydrogen-bond donors (Lipinski definition) is 1. The van der Waals surface area contributed by atoms with Gasteiger partial charge >= 0.3 is 0 Å². The lowest BCUT2D eigenvalue weighted by Crippen LogP contribution is -2.84. The van der Waals surface area contributed by atoms with E-state index < -0.39 is 0 Å². The van der Waals surface area contributed by atoms with Crippen LogP contribution in [-0.2, 0) is 11.4 Å². The summed E-state index contributed by atoms with van der Waals surface area (Å²) < 4.78 is 13.2. The van der Waals surface area contributed by atoms with Crippen LogP contribution in [0.15, 0.2) is 53.7 Å². The van der Waals surface area contributed by atoms with Crippen molar-refractivity contribution in [2.24, 2.45) is 5.16 Å². The van der Waals surface area contributed by atoms with Crippen LogP contribution in [0.25, 0.3) is 0 Å². The van der Waals surface area contributed by atoms with Crippen molar-refractivity contribution in [3.63, 3.8) is 0 Å². The van der Waals surface area contributed by atoms with Gasteiger partial charge in [-0.1, -0.05) is 47.1 Å². The Labute approximate surface area is 133 Å². The Balaban J connectivity index is 1.50. The maximum Gasteiger partial charge on any atom is 0.181 e. The zero-order valence-corrected chi connectivity index (χ0v) is 12.8. The highest BCUT2D eigenvalue weighted by Gasteiger charge is 2.23. The van der Waals surface area contributed by atoms with Gasteiger partial charge in [0.05, 0.1) is 5.71 Å². The molecule has 0 fully saturated rings. The molecule has 2 aromatic rings. The van der Waals surface area contributed by atoms with Crippen molar-refractivity contribution in [1.82, 2.24) is 0 Å². The van der Waals surface area contributed by atoms with Gasteiger partial charge in [0.1, 0.15) is 18.9 Å². The molecule has 1 aliphatic heterocycles. The van der Waals surface area contributed by atoms with Crippen LogP contribution in [0.3, 0.4) is 0 Å². The summed E-state index contributed by atoms with van der Waals surface area (Å²) in [4.78, 5) is 5.43. The maximum atomic E-state index is 13.2. The molecule has 0 spiro atoms. The van der Waals surface area contributed by atoms with Gasteiger partial charge in [-0.05, 0) is 18.2 Å². The zero-order chi connectivity index (χ0) is 15.4. The first kappa shape index (κ1) is 15.0. The van der Waals surface area contributed by atoms with E-state index >= 15 is 0 Å². The SMILES string of the molecule is Fc1cccc(C2=NO[C@H](C[NH2+]Cc3ccccc3Cl)C2)c1. The van der Waals surface area contributed by atoms with E-state index in [2.05, 4.69) is 10.5 Å². The predicted molar refractivity (Wildman–Crippen MR) is 84.4 cm³/mol. The van der Waals surface area contributed by atoms with Crippen LogP contribution in [-0.4, -0.2) is 18.4 Å². The van der Waals surface area contributed by atoms with Crippen LogP contribution < -0.4 is 5.32 Å². The van der Waals surface area contributed by atoms with Crippen molar-refractivity contribution in [3.05, 3.63) is 70.5 Å². The summed E-state index contributed by atoms with van der Waals surface area (Å²) in [5.41, 5.74) is 2.69. The lowest BCUT2D eigenvalue weighted by Gasteiger charge is -2.08. The minimum atomic E-state index is -0.256. The molecule has 0 amide bonds. The average molecular weight is 320 g/mol. The molecule has 0 radical (unpaired) electrons. The highest BCUT2D eigenvalue weighted by atomic mass is 35.5. The molecule has 1 aliphatic rings. The van der Waals surface area contributed by atoms with E-state index in [4.69, 9.17) is 16.4 Å². The van der Waals surface area contributed by atoms with E-state index in [9.17, 15) is 4.39 Å². The molecule has 0 unspecified atom stereocenters. The monoisotopic (exact) mass is 319 g/mol. The van der Waals surface area contributed by atoms with Gasteiger partial charge in [0, 0.05) is 22.6 Å². The summed E-state index contributed by atoms with van der Waals surface area (Å²) in [6.45, 7) is 1.59. The van der Waals surface area contributed by atoms with Gasteiger partial charge in [0.25, 0.3) is 0 Å². The Morgan fingerprint density at radius 1 is 1.23 bits per heavy atom. The van der Waals surface area contributed by atoms with Gasteiger partial charge in [0.2, 0.25) is 0 Å². The number of benzene rings is 2.